The summed E-state index contributed by atoms with van der Waals surface area (Å²) in [5, 5.41) is 16.3. The van der Waals surface area contributed by atoms with Crippen LogP contribution in [0.3, 0.4) is 0 Å². The summed E-state index contributed by atoms with van der Waals surface area (Å²) in [6.07, 6.45) is 4.22. The molecule has 0 saturated heterocycles. The first-order valence-electron chi connectivity index (χ1n) is 9.30. The lowest BCUT2D eigenvalue weighted by Gasteiger charge is -2.06. The number of aromatic amines is 1. The molecule has 0 atom stereocenters. The average Bonchev–Trinajstić information content (AvgIpc) is 3.38. The molecule has 1 aromatic heterocycles. The van der Waals surface area contributed by atoms with Gasteiger partial charge in [-0.2, -0.15) is 5.26 Å². The summed E-state index contributed by atoms with van der Waals surface area (Å²) in [6, 6.07) is 15.5. The zero-order valence-electron chi connectivity index (χ0n) is 15.7. The molecule has 3 aromatic rings. The number of nitrogens with zero attached hydrogens (tertiary/aromatic N) is 1. The molecule has 146 valence electrons. The summed E-state index contributed by atoms with van der Waals surface area (Å²) < 4.78 is 10.6. The van der Waals surface area contributed by atoms with Crippen LogP contribution in [0.15, 0.2) is 60.4 Å². The number of ether oxygens (including phenoxy) is 2. The van der Waals surface area contributed by atoms with Crippen molar-refractivity contribution in [3.05, 3.63) is 71.6 Å². The summed E-state index contributed by atoms with van der Waals surface area (Å²) >= 11 is 0. The molecule has 7 nitrogen and oxygen atoms in total. The minimum Gasteiger partial charge on any atom is -0.454 e. The molecular weight excluding hydrogens is 368 g/mol. The molecule has 0 fully saturated rings. The number of carbonyl (C=O) groups is 1. The van der Waals surface area contributed by atoms with Crippen LogP contribution >= 0.6 is 0 Å². The molecule has 1 aliphatic heterocycles. The predicted octanol–water partition coefficient (Wildman–Crippen LogP) is 2.75. The first-order chi connectivity index (χ1) is 14.2. The fraction of sp³-hybridized carbons (Fsp3) is 0.182. The van der Waals surface area contributed by atoms with E-state index in [0.717, 1.165) is 17.5 Å². The SMILES string of the molecule is N#C/C(=C/NCCc1c[nH]c2ccccc12)C(=O)NCc1ccc2c(c1)OCO2. The molecule has 0 radical (unpaired) electrons. The Morgan fingerprint density at radius 1 is 1.21 bits per heavy atom. The molecule has 0 aliphatic carbocycles. The number of hydrogen-bond acceptors (Lipinski definition) is 5. The molecule has 1 amide bonds. The van der Waals surface area contributed by atoms with Crippen LogP contribution in [0.1, 0.15) is 11.1 Å². The topological polar surface area (TPSA) is 99.2 Å². The summed E-state index contributed by atoms with van der Waals surface area (Å²) in [4.78, 5) is 15.5. The van der Waals surface area contributed by atoms with Crippen LogP contribution in [-0.2, 0) is 17.8 Å². The van der Waals surface area contributed by atoms with Gasteiger partial charge in [-0.15, -0.1) is 0 Å². The monoisotopic (exact) mass is 388 g/mol. The van der Waals surface area contributed by atoms with Crippen LogP contribution in [0.2, 0.25) is 0 Å². The molecule has 7 heteroatoms. The molecule has 2 heterocycles. The van der Waals surface area contributed by atoms with Crippen LogP contribution < -0.4 is 20.1 Å². The first-order valence-corrected chi connectivity index (χ1v) is 9.30. The first kappa shape index (κ1) is 18.4. The standard InChI is InChI=1S/C22H20N4O3/c23-10-17(12-24-8-7-16-13-25-19-4-2-1-3-18(16)19)22(27)26-11-15-5-6-20-21(9-15)29-14-28-20/h1-6,9,12-13,24-25H,7-8,11,14H2,(H,26,27)/b17-12-. The van der Waals surface area contributed by atoms with Crippen molar-refractivity contribution in [3.8, 4) is 17.6 Å². The number of para-hydroxylation sites is 1. The van der Waals surface area contributed by atoms with E-state index in [1.807, 2.05) is 42.6 Å². The van der Waals surface area contributed by atoms with Crippen molar-refractivity contribution in [2.24, 2.45) is 0 Å². The van der Waals surface area contributed by atoms with Crippen molar-refractivity contribution in [1.29, 1.82) is 5.26 Å². The Morgan fingerprint density at radius 3 is 2.97 bits per heavy atom. The normalized spacial score (nSPS) is 12.6. The predicted molar refractivity (Wildman–Crippen MR) is 108 cm³/mol. The maximum atomic E-state index is 12.3. The number of fused-ring (bicyclic) bond motifs is 2. The van der Waals surface area contributed by atoms with Crippen molar-refractivity contribution in [2.75, 3.05) is 13.3 Å². The van der Waals surface area contributed by atoms with Crippen LogP contribution in [0.5, 0.6) is 11.5 Å². The molecule has 2 aromatic carbocycles. The average molecular weight is 388 g/mol. The number of benzene rings is 2. The third kappa shape index (κ3) is 4.17. The number of nitrogens with one attached hydrogen (secondary N) is 3. The zero-order valence-corrected chi connectivity index (χ0v) is 15.7. The van der Waals surface area contributed by atoms with E-state index in [1.165, 1.54) is 17.1 Å². The van der Waals surface area contributed by atoms with Crippen molar-refractivity contribution < 1.29 is 14.3 Å². The number of nitriles is 1. The van der Waals surface area contributed by atoms with E-state index in [2.05, 4.69) is 21.7 Å². The maximum Gasteiger partial charge on any atom is 0.263 e. The van der Waals surface area contributed by atoms with Crippen molar-refractivity contribution >= 4 is 16.8 Å². The Morgan fingerprint density at radius 2 is 2.07 bits per heavy atom. The van der Waals surface area contributed by atoms with E-state index in [9.17, 15) is 10.1 Å². The van der Waals surface area contributed by atoms with Gasteiger partial charge in [0, 0.05) is 36.4 Å². The van der Waals surface area contributed by atoms with Gasteiger partial charge in [-0.05, 0) is 35.7 Å². The third-order valence-electron chi connectivity index (χ3n) is 4.72. The van der Waals surface area contributed by atoms with Gasteiger partial charge in [-0.1, -0.05) is 24.3 Å². The van der Waals surface area contributed by atoms with E-state index >= 15 is 0 Å². The summed E-state index contributed by atoms with van der Waals surface area (Å²) in [6.45, 7) is 1.11. The number of carbonyl (C=O) groups excluding carboxylic acids is 1. The lowest BCUT2D eigenvalue weighted by Crippen LogP contribution is -2.25. The Kier molecular flexibility index (Phi) is 5.34. The van der Waals surface area contributed by atoms with Gasteiger partial charge in [0.2, 0.25) is 6.79 Å². The second-order valence-corrected chi connectivity index (χ2v) is 6.60. The number of aromatic nitrogens is 1. The van der Waals surface area contributed by atoms with E-state index in [0.29, 0.717) is 24.6 Å². The van der Waals surface area contributed by atoms with Gasteiger partial charge < -0.3 is 25.1 Å². The molecule has 0 spiro atoms. The van der Waals surface area contributed by atoms with Crippen molar-refractivity contribution in [3.63, 3.8) is 0 Å². The van der Waals surface area contributed by atoms with Gasteiger partial charge in [0.05, 0.1) is 0 Å². The van der Waals surface area contributed by atoms with Crippen molar-refractivity contribution in [1.82, 2.24) is 15.6 Å². The Bertz CT molecular complexity index is 1110. The Balaban J connectivity index is 1.29. The van der Waals surface area contributed by atoms with Crippen LogP contribution in [0.4, 0.5) is 0 Å². The van der Waals surface area contributed by atoms with E-state index in [4.69, 9.17) is 9.47 Å². The molecule has 0 saturated carbocycles. The Labute approximate surface area is 167 Å². The second kappa shape index (κ2) is 8.40. The molecule has 0 bridgehead atoms. The zero-order chi connectivity index (χ0) is 20.1. The van der Waals surface area contributed by atoms with Crippen LogP contribution in [-0.4, -0.2) is 24.2 Å². The molecule has 0 unspecified atom stereocenters. The van der Waals surface area contributed by atoms with E-state index in [-0.39, 0.29) is 12.4 Å². The lowest BCUT2D eigenvalue weighted by atomic mass is 10.1. The highest BCUT2D eigenvalue weighted by atomic mass is 16.7. The third-order valence-corrected chi connectivity index (χ3v) is 4.72. The Hall–Kier alpha value is -3.92. The number of rotatable bonds is 7. The number of H-pyrrole nitrogens is 1. The van der Waals surface area contributed by atoms with E-state index < -0.39 is 5.91 Å². The lowest BCUT2D eigenvalue weighted by molar-refractivity contribution is -0.117. The fourth-order valence-electron chi connectivity index (χ4n) is 3.20. The highest BCUT2D eigenvalue weighted by Crippen LogP contribution is 2.32. The summed E-state index contributed by atoms with van der Waals surface area (Å²) in [7, 11) is 0. The number of amides is 1. The largest absolute Gasteiger partial charge is 0.454 e. The van der Waals surface area contributed by atoms with Gasteiger partial charge in [0.15, 0.2) is 11.5 Å². The van der Waals surface area contributed by atoms with E-state index in [1.54, 1.807) is 6.07 Å². The highest BCUT2D eigenvalue weighted by molar-refractivity contribution is 5.97. The smallest absolute Gasteiger partial charge is 0.263 e. The van der Waals surface area contributed by atoms with Crippen LogP contribution in [0.25, 0.3) is 10.9 Å². The molecular formula is C22H20N4O3. The minimum atomic E-state index is -0.426. The molecule has 4 rings (SSSR count). The summed E-state index contributed by atoms with van der Waals surface area (Å²) in [5.41, 5.74) is 3.18. The van der Waals surface area contributed by atoms with Gasteiger partial charge in [0.1, 0.15) is 11.6 Å². The van der Waals surface area contributed by atoms with Crippen LogP contribution in [0, 0.1) is 11.3 Å². The second-order valence-electron chi connectivity index (χ2n) is 6.60. The van der Waals surface area contributed by atoms with Gasteiger partial charge >= 0.3 is 0 Å². The van der Waals surface area contributed by atoms with Gasteiger partial charge in [-0.25, -0.2) is 0 Å². The quantitative estimate of drug-likeness (QED) is 0.328. The van der Waals surface area contributed by atoms with Crippen molar-refractivity contribution in [2.45, 2.75) is 13.0 Å². The van der Waals surface area contributed by atoms with Gasteiger partial charge in [0.25, 0.3) is 5.91 Å². The summed E-state index contributed by atoms with van der Waals surface area (Å²) in [5.74, 6) is 0.925. The highest BCUT2D eigenvalue weighted by Gasteiger charge is 2.14. The molecule has 29 heavy (non-hydrogen) atoms. The minimum absolute atomic E-state index is 0.0321. The maximum absolute atomic E-state index is 12.3. The van der Waals surface area contributed by atoms with Gasteiger partial charge in [-0.3, -0.25) is 4.79 Å². The number of hydrogen-bond donors (Lipinski definition) is 3. The molecule has 1 aliphatic rings. The fourth-order valence-corrected chi connectivity index (χ4v) is 3.20. The molecule has 3 N–H and O–H groups in total.